The Bertz CT molecular complexity index is 604. The third kappa shape index (κ3) is 8.30. The number of nitrogens with two attached hydrogens (primary N) is 1. The number of ether oxygens (including phenoxy) is 1. The van der Waals surface area contributed by atoms with Crippen molar-refractivity contribution in [2.24, 2.45) is 10.7 Å². The van der Waals surface area contributed by atoms with E-state index < -0.39 is 0 Å². The van der Waals surface area contributed by atoms with Gasteiger partial charge in [-0.1, -0.05) is 19.1 Å². The molecule has 0 bridgehead atoms. The molecule has 2 fully saturated rings. The van der Waals surface area contributed by atoms with Gasteiger partial charge < -0.3 is 15.8 Å². The van der Waals surface area contributed by atoms with Gasteiger partial charge in [0.25, 0.3) is 0 Å². The summed E-state index contributed by atoms with van der Waals surface area (Å²) in [4.78, 5) is 9.50. The van der Waals surface area contributed by atoms with Gasteiger partial charge in [0.1, 0.15) is 12.4 Å². The zero-order valence-electron chi connectivity index (χ0n) is 17.8. The van der Waals surface area contributed by atoms with Crippen LogP contribution in [0.5, 0.6) is 5.75 Å². The molecule has 1 unspecified atom stereocenters. The molecule has 29 heavy (non-hydrogen) atoms. The number of hydrogen-bond acceptors (Lipinski definition) is 4. The second-order valence-electron chi connectivity index (χ2n) is 7.87. The van der Waals surface area contributed by atoms with E-state index in [0.29, 0.717) is 12.0 Å². The number of likely N-dealkylation sites (N-methyl/N-ethyl adjacent to an activating group) is 1. The summed E-state index contributed by atoms with van der Waals surface area (Å²) >= 11 is 0. The van der Waals surface area contributed by atoms with Gasteiger partial charge in [-0.15, -0.1) is 24.0 Å². The summed E-state index contributed by atoms with van der Waals surface area (Å²) in [5.74, 6) is 1.51. The van der Waals surface area contributed by atoms with Gasteiger partial charge in [0.15, 0.2) is 5.96 Å². The number of rotatable bonds is 10. The van der Waals surface area contributed by atoms with Gasteiger partial charge >= 0.3 is 0 Å². The summed E-state index contributed by atoms with van der Waals surface area (Å²) in [5.41, 5.74) is 7.31. The molecule has 2 aliphatic heterocycles. The van der Waals surface area contributed by atoms with Crippen molar-refractivity contribution in [3.05, 3.63) is 29.8 Å². The number of guanidine groups is 1. The fourth-order valence-electron chi connectivity index (χ4n) is 4.16. The van der Waals surface area contributed by atoms with E-state index in [-0.39, 0.29) is 24.0 Å². The van der Waals surface area contributed by atoms with Crippen molar-refractivity contribution in [1.82, 2.24) is 15.1 Å². The van der Waals surface area contributed by atoms with E-state index in [4.69, 9.17) is 10.5 Å². The zero-order valence-corrected chi connectivity index (χ0v) is 20.1. The predicted octanol–water partition coefficient (Wildman–Crippen LogP) is 2.71. The highest BCUT2D eigenvalue weighted by molar-refractivity contribution is 14.0. The third-order valence-corrected chi connectivity index (χ3v) is 5.90. The molecule has 0 saturated carbocycles. The molecule has 0 aliphatic carbocycles. The molecule has 164 valence electrons. The van der Waals surface area contributed by atoms with Gasteiger partial charge in [-0.2, -0.15) is 0 Å². The van der Waals surface area contributed by atoms with Gasteiger partial charge in [-0.25, -0.2) is 0 Å². The lowest BCUT2D eigenvalue weighted by atomic mass is 10.1. The Morgan fingerprint density at radius 1 is 1.17 bits per heavy atom. The molecule has 7 heteroatoms. The van der Waals surface area contributed by atoms with Crippen LogP contribution < -0.4 is 15.8 Å². The number of aliphatic imine (C=N–C) groups is 1. The van der Waals surface area contributed by atoms with E-state index in [1.54, 1.807) is 0 Å². The Labute approximate surface area is 193 Å². The largest absolute Gasteiger partial charge is 0.492 e. The van der Waals surface area contributed by atoms with Crippen molar-refractivity contribution in [3.8, 4) is 5.75 Å². The van der Waals surface area contributed by atoms with Gasteiger partial charge in [0.05, 0.1) is 6.54 Å². The first-order valence-corrected chi connectivity index (χ1v) is 11.0. The summed E-state index contributed by atoms with van der Waals surface area (Å²) in [7, 11) is 0. The summed E-state index contributed by atoms with van der Waals surface area (Å²) < 4.78 is 5.86. The predicted molar refractivity (Wildman–Crippen MR) is 131 cm³/mol. The van der Waals surface area contributed by atoms with Crippen molar-refractivity contribution in [2.75, 3.05) is 52.4 Å². The van der Waals surface area contributed by atoms with Gasteiger partial charge in [-0.3, -0.25) is 14.8 Å². The van der Waals surface area contributed by atoms with Crippen LogP contribution in [0.2, 0.25) is 0 Å². The fraction of sp³-hybridized carbons (Fsp3) is 0.682. The van der Waals surface area contributed by atoms with Crippen LogP contribution in [0.3, 0.4) is 0 Å². The summed E-state index contributed by atoms with van der Waals surface area (Å²) in [6, 6.07) is 8.96. The van der Waals surface area contributed by atoms with Crippen LogP contribution in [-0.4, -0.2) is 74.2 Å². The lowest BCUT2D eigenvalue weighted by molar-refractivity contribution is 0.238. The molecule has 2 saturated heterocycles. The molecule has 3 N–H and O–H groups in total. The summed E-state index contributed by atoms with van der Waals surface area (Å²) in [6.45, 7) is 10.4. The number of benzene rings is 1. The molecular weight excluding hydrogens is 477 g/mol. The topological polar surface area (TPSA) is 66.1 Å². The van der Waals surface area contributed by atoms with Crippen LogP contribution in [-0.2, 0) is 6.42 Å². The maximum Gasteiger partial charge on any atom is 0.188 e. The standard InChI is InChI=1S/C22H37N5O.HI/c1-2-27-15-5-6-20(27)18-25-22(23)24-12-11-19-7-9-21(10-8-19)28-17-16-26-13-3-4-14-26;/h7-10,20H,2-6,11-18H2,1H3,(H3,23,24,25);1H. The van der Waals surface area contributed by atoms with Crippen molar-refractivity contribution in [3.63, 3.8) is 0 Å². The first kappa shape index (κ1) is 24.2. The minimum atomic E-state index is 0. The van der Waals surface area contributed by atoms with Gasteiger partial charge in [-0.05, 0) is 76.0 Å². The molecule has 1 aromatic rings. The van der Waals surface area contributed by atoms with Crippen LogP contribution in [0, 0.1) is 0 Å². The van der Waals surface area contributed by atoms with Gasteiger partial charge in [0, 0.05) is 19.1 Å². The first-order chi connectivity index (χ1) is 13.7. The molecule has 2 aliphatic rings. The van der Waals surface area contributed by atoms with E-state index in [1.807, 2.05) is 0 Å². The lowest BCUT2D eigenvalue weighted by Gasteiger charge is -2.20. The third-order valence-electron chi connectivity index (χ3n) is 5.90. The van der Waals surface area contributed by atoms with Crippen LogP contribution in [0.15, 0.2) is 29.3 Å². The Morgan fingerprint density at radius 2 is 1.93 bits per heavy atom. The smallest absolute Gasteiger partial charge is 0.188 e. The van der Waals surface area contributed by atoms with Crippen LogP contribution in [0.1, 0.15) is 38.2 Å². The Morgan fingerprint density at radius 3 is 2.66 bits per heavy atom. The maximum absolute atomic E-state index is 6.03. The minimum Gasteiger partial charge on any atom is -0.492 e. The molecule has 0 radical (unpaired) electrons. The van der Waals surface area contributed by atoms with Crippen molar-refractivity contribution in [2.45, 2.75) is 45.1 Å². The van der Waals surface area contributed by atoms with E-state index >= 15 is 0 Å². The Hall–Kier alpha value is -1.06. The SMILES string of the molecule is CCN1CCCC1CN=C(N)NCCc1ccc(OCCN2CCCC2)cc1.I. The maximum atomic E-state index is 6.03. The molecule has 1 aromatic carbocycles. The molecular formula is C22H38IN5O. The van der Waals surface area contributed by atoms with Crippen molar-refractivity contribution in [1.29, 1.82) is 0 Å². The summed E-state index contributed by atoms with van der Waals surface area (Å²) in [6.07, 6.45) is 6.09. The Balaban J connectivity index is 0.00000300. The molecule has 2 heterocycles. The number of nitrogens with zero attached hydrogens (tertiary/aromatic N) is 3. The molecule has 0 spiro atoms. The fourth-order valence-corrected chi connectivity index (χ4v) is 4.16. The minimum absolute atomic E-state index is 0. The van der Waals surface area contributed by atoms with Crippen LogP contribution >= 0.6 is 24.0 Å². The monoisotopic (exact) mass is 515 g/mol. The number of halogens is 1. The quantitative estimate of drug-likeness (QED) is 0.285. The highest BCUT2D eigenvalue weighted by Crippen LogP contribution is 2.16. The lowest BCUT2D eigenvalue weighted by Crippen LogP contribution is -2.36. The number of likely N-dealkylation sites (tertiary alicyclic amines) is 2. The second kappa shape index (κ2) is 13.3. The Kier molecular flexibility index (Phi) is 11.1. The average Bonchev–Trinajstić information content (AvgIpc) is 3.39. The zero-order chi connectivity index (χ0) is 19.6. The number of hydrogen-bond donors (Lipinski definition) is 2. The highest BCUT2D eigenvalue weighted by atomic mass is 127. The van der Waals surface area contributed by atoms with E-state index in [2.05, 4.69) is 51.3 Å². The average molecular weight is 515 g/mol. The van der Waals surface area contributed by atoms with Crippen molar-refractivity contribution >= 4 is 29.9 Å². The molecule has 0 aromatic heterocycles. The summed E-state index contributed by atoms with van der Waals surface area (Å²) in [5, 5.41) is 3.24. The van der Waals surface area contributed by atoms with Crippen LogP contribution in [0.25, 0.3) is 0 Å². The van der Waals surface area contributed by atoms with Gasteiger partial charge in [0.2, 0.25) is 0 Å². The van der Waals surface area contributed by atoms with E-state index in [0.717, 1.165) is 45.0 Å². The molecule has 6 nitrogen and oxygen atoms in total. The van der Waals surface area contributed by atoms with E-state index in [1.165, 1.54) is 50.9 Å². The molecule has 1 atom stereocenters. The molecule has 0 amide bonds. The molecule has 3 rings (SSSR count). The van der Waals surface area contributed by atoms with Crippen LogP contribution in [0.4, 0.5) is 0 Å². The van der Waals surface area contributed by atoms with Crippen molar-refractivity contribution < 1.29 is 4.74 Å². The first-order valence-electron chi connectivity index (χ1n) is 11.0. The number of nitrogens with one attached hydrogen (secondary N) is 1. The van der Waals surface area contributed by atoms with E-state index in [9.17, 15) is 0 Å². The second-order valence-corrected chi connectivity index (χ2v) is 7.87. The highest BCUT2D eigenvalue weighted by Gasteiger charge is 2.22. The normalized spacial score (nSPS) is 20.6.